The van der Waals surface area contributed by atoms with E-state index in [1.165, 1.54) is 51.4 Å². The first kappa shape index (κ1) is 22.1. The molecule has 0 amide bonds. The van der Waals surface area contributed by atoms with Crippen molar-refractivity contribution in [2.24, 2.45) is 52.3 Å². The van der Waals surface area contributed by atoms with Crippen molar-refractivity contribution in [3.05, 3.63) is 0 Å². The Morgan fingerprint density at radius 2 is 1.62 bits per heavy atom. The Labute approximate surface area is 178 Å². The summed E-state index contributed by atoms with van der Waals surface area (Å²) in [6.45, 7) is 9.68. The van der Waals surface area contributed by atoms with E-state index in [0.717, 1.165) is 12.8 Å². The van der Waals surface area contributed by atoms with E-state index in [4.69, 9.17) is 0 Å². The van der Waals surface area contributed by atoms with Crippen molar-refractivity contribution in [2.75, 3.05) is 6.61 Å². The molecule has 0 heterocycles. The molecule has 1 unspecified atom stereocenters. The second kappa shape index (κ2) is 8.10. The monoisotopic (exact) mass is 406 g/mol. The van der Waals surface area contributed by atoms with E-state index < -0.39 is 6.10 Å². The molecule has 3 N–H and O–H groups in total. The van der Waals surface area contributed by atoms with E-state index in [9.17, 15) is 15.3 Å². The molecule has 168 valence electrons. The van der Waals surface area contributed by atoms with Crippen molar-refractivity contribution in [1.82, 2.24) is 0 Å². The summed E-state index contributed by atoms with van der Waals surface area (Å²) in [6.07, 6.45) is 11.4. The van der Waals surface area contributed by atoms with Gasteiger partial charge < -0.3 is 15.3 Å². The summed E-state index contributed by atoms with van der Waals surface area (Å²) in [5.41, 5.74) is 0.615. The van der Waals surface area contributed by atoms with Gasteiger partial charge in [-0.3, -0.25) is 0 Å². The fourth-order valence-corrected chi connectivity index (χ4v) is 9.62. The lowest BCUT2D eigenvalue weighted by Gasteiger charge is -2.64. The van der Waals surface area contributed by atoms with Crippen LogP contribution in [-0.4, -0.2) is 34.1 Å². The molecule has 4 rings (SSSR count). The summed E-state index contributed by atoms with van der Waals surface area (Å²) in [5.74, 6) is 3.49. The van der Waals surface area contributed by atoms with Crippen LogP contribution in [-0.2, 0) is 0 Å². The number of hydrogen-bond donors (Lipinski definition) is 3. The summed E-state index contributed by atoms with van der Waals surface area (Å²) < 4.78 is 0. The molecule has 0 spiro atoms. The third-order valence-corrected chi connectivity index (χ3v) is 10.9. The zero-order valence-electron chi connectivity index (χ0n) is 19.3. The highest BCUT2D eigenvalue weighted by Gasteiger charge is 2.65. The van der Waals surface area contributed by atoms with Gasteiger partial charge in [0.05, 0.1) is 12.2 Å². The molecular formula is C26H46O3. The van der Waals surface area contributed by atoms with E-state index in [-0.39, 0.29) is 12.0 Å². The summed E-state index contributed by atoms with van der Waals surface area (Å²) in [5, 5.41) is 31.8. The first-order valence-corrected chi connectivity index (χ1v) is 12.7. The SMILES string of the molecule is CC(O)[C@@H]1[C@@H](O)[C@@H]2[C@H](CC[C@]3(C)[C@@H]([C@H](C)CCCO)CC[C@@H]23)[C@@]2(C)CCCC[C@@H]12. The molecule has 0 bridgehead atoms. The van der Waals surface area contributed by atoms with Crippen LogP contribution in [0.15, 0.2) is 0 Å². The Balaban J connectivity index is 1.65. The minimum Gasteiger partial charge on any atom is -0.396 e. The van der Waals surface area contributed by atoms with Gasteiger partial charge in [-0.05, 0) is 105 Å². The van der Waals surface area contributed by atoms with Crippen LogP contribution in [0.2, 0.25) is 0 Å². The van der Waals surface area contributed by atoms with Gasteiger partial charge in [-0.25, -0.2) is 0 Å². The zero-order valence-corrected chi connectivity index (χ0v) is 19.3. The highest BCUT2D eigenvalue weighted by Crippen LogP contribution is 2.69. The maximum Gasteiger partial charge on any atom is 0.0629 e. The predicted octanol–water partition coefficient (Wildman–Crippen LogP) is 5.02. The van der Waals surface area contributed by atoms with E-state index in [0.29, 0.717) is 52.9 Å². The molecule has 0 aromatic rings. The second-order valence-electron chi connectivity index (χ2n) is 12.0. The van der Waals surface area contributed by atoms with Crippen LogP contribution >= 0.6 is 0 Å². The summed E-state index contributed by atoms with van der Waals surface area (Å²) in [7, 11) is 0. The third kappa shape index (κ3) is 3.33. The first-order valence-electron chi connectivity index (χ1n) is 12.7. The highest BCUT2D eigenvalue weighted by molar-refractivity contribution is 5.13. The van der Waals surface area contributed by atoms with E-state index in [1.54, 1.807) is 0 Å². The lowest BCUT2D eigenvalue weighted by atomic mass is 9.41. The van der Waals surface area contributed by atoms with Crippen LogP contribution in [0.4, 0.5) is 0 Å². The number of aliphatic hydroxyl groups is 3. The van der Waals surface area contributed by atoms with Crippen molar-refractivity contribution >= 4 is 0 Å². The molecule has 0 aromatic heterocycles. The maximum atomic E-state index is 11.7. The van der Waals surface area contributed by atoms with Crippen molar-refractivity contribution in [2.45, 2.75) is 104 Å². The molecule has 3 nitrogen and oxygen atoms in total. The molecule has 4 aliphatic rings. The van der Waals surface area contributed by atoms with E-state index in [1.807, 2.05) is 6.92 Å². The molecule has 11 atom stereocenters. The molecular weight excluding hydrogens is 360 g/mol. The smallest absolute Gasteiger partial charge is 0.0629 e. The molecule has 3 heteroatoms. The Hall–Kier alpha value is -0.120. The van der Waals surface area contributed by atoms with Crippen LogP contribution in [0, 0.1) is 52.3 Å². The molecule has 4 aliphatic carbocycles. The standard InChI is InChI=1S/C26H46O3/c1-16(8-7-15-27)18-10-11-20-23-21(12-14-26(18,20)4)25(3)13-6-5-9-19(25)22(17(2)28)24(23)29/h16-24,27-29H,5-15H2,1-4H3/t16-,17?,18-,19+,20+,21+,22+,23+,24-,25+,26-/m1/s1. The fraction of sp³-hybridized carbons (Fsp3) is 1.00. The summed E-state index contributed by atoms with van der Waals surface area (Å²) >= 11 is 0. The molecule has 0 aliphatic heterocycles. The van der Waals surface area contributed by atoms with Crippen LogP contribution in [0.25, 0.3) is 0 Å². The van der Waals surface area contributed by atoms with Gasteiger partial charge in [0.15, 0.2) is 0 Å². The van der Waals surface area contributed by atoms with Gasteiger partial charge in [-0.1, -0.05) is 33.6 Å². The predicted molar refractivity (Wildman–Crippen MR) is 117 cm³/mol. The van der Waals surface area contributed by atoms with Gasteiger partial charge in [-0.2, -0.15) is 0 Å². The van der Waals surface area contributed by atoms with Crippen molar-refractivity contribution in [3.8, 4) is 0 Å². The number of fused-ring (bicyclic) bond motifs is 5. The maximum absolute atomic E-state index is 11.7. The average molecular weight is 407 g/mol. The highest BCUT2D eigenvalue weighted by atomic mass is 16.3. The van der Waals surface area contributed by atoms with E-state index in [2.05, 4.69) is 20.8 Å². The lowest BCUT2D eigenvalue weighted by Crippen LogP contribution is -2.63. The quantitative estimate of drug-likeness (QED) is 0.601. The molecule has 4 fully saturated rings. The molecule has 0 aromatic carbocycles. The molecule has 0 saturated heterocycles. The molecule has 0 radical (unpaired) electrons. The Bertz CT molecular complexity index is 576. The topological polar surface area (TPSA) is 60.7 Å². The van der Waals surface area contributed by atoms with Crippen LogP contribution < -0.4 is 0 Å². The Morgan fingerprint density at radius 1 is 0.897 bits per heavy atom. The second-order valence-corrected chi connectivity index (χ2v) is 12.0. The largest absolute Gasteiger partial charge is 0.396 e. The van der Waals surface area contributed by atoms with Crippen LogP contribution in [0.1, 0.15) is 91.9 Å². The van der Waals surface area contributed by atoms with Crippen molar-refractivity contribution < 1.29 is 15.3 Å². The number of aliphatic hydroxyl groups excluding tert-OH is 3. The van der Waals surface area contributed by atoms with Gasteiger partial charge >= 0.3 is 0 Å². The minimum atomic E-state index is -0.415. The van der Waals surface area contributed by atoms with E-state index >= 15 is 0 Å². The lowest BCUT2D eigenvalue weighted by molar-refractivity contribution is -0.211. The summed E-state index contributed by atoms with van der Waals surface area (Å²) in [4.78, 5) is 0. The third-order valence-electron chi connectivity index (χ3n) is 10.9. The van der Waals surface area contributed by atoms with Gasteiger partial charge in [0.1, 0.15) is 0 Å². The average Bonchev–Trinajstić information content (AvgIpc) is 3.03. The van der Waals surface area contributed by atoms with Gasteiger partial charge in [0.2, 0.25) is 0 Å². The Morgan fingerprint density at radius 3 is 2.31 bits per heavy atom. The first-order chi connectivity index (χ1) is 13.8. The van der Waals surface area contributed by atoms with Gasteiger partial charge in [0, 0.05) is 12.5 Å². The number of rotatable bonds is 5. The van der Waals surface area contributed by atoms with Gasteiger partial charge in [-0.15, -0.1) is 0 Å². The van der Waals surface area contributed by atoms with Crippen LogP contribution in [0.5, 0.6) is 0 Å². The Kier molecular flexibility index (Phi) is 6.17. The van der Waals surface area contributed by atoms with Gasteiger partial charge in [0.25, 0.3) is 0 Å². The summed E-state index contributed by atoms with van der Waals surface area (Å²) in [6, 6.07) is 0. The zero-order chi connectivity index (χ0) is 21.0. The minimum absolute atomic E-state index is 0.0507. The molecule has 29 heavy (non-hydrogen) atoms. The van der Waals surface area contributed by atoms with Crippen molar-refractivity contribution in [1.29, 1.82) is 0 Å². The van der Waals surface area contributed by atoms with Crippen LogP contribution in [0.3, 0.4) is 0 Å². The van der Waals surface area contributed by atoms with Crippen molar-refractivity contribution in [3.63, 3.8) is 0 Å². The fourth-order valence-electron chi connectivity index (χ4n) is 9.62. The molecule has 4 saturated carbocycles. The number of hydrogen-bond acceptors (Lipinski definition) is 3. The normalized spacial score (nSPS) is 51.6.